The van der Waals surface area contributed by atoms with Crippen LogP contribution >= 0.6 is 0 Å². The first kappa shape index (κ1) is 15.4. The number of benzene rings is 2. The van der Waals surface area contributed by atoms with Gasteiger partial charge in [0.15, 0.2) is 0 Å². The van der Waals surface area contributed by atoms with Crippen LogP contribution in [-0.2, 0) is 6.18 Å². The van der Waals surface area contributed by atoms with Crippen molar-refractivity contribution in [1.29, 1.82) is 0 Å². The Bertz CT molecular complexity index is 620. The summed E-state index contributed by atoms with van der Waals surface area (Å²) in [5.41, 5.74) is 7.50. The summed E-state index contributed by atoms with van der Waals surface area (Å²) in [6, 6.07) is 10.3. The number of hydrogen-bond donors (Lipinski definition) is 1. The Labute approximate surface area is 121 Å². The van der Waals surface area contributed by atoms with E-state index in [2.05, 4.69) is 0 Å². The van der Waals surface area contributed by atoms with Gasteiger partial charge in [-0.05, 0) is 47.9 Å². The first-order valence-corrected chi connectivity index (χ1v) is 6.40. The molecule has 0 saturated heterocycles. The molecule has 0 saturated carbocycles. The SMILES string of the molecule is COc1ccc(C(N)c2ccc(C(F)(F)F)cc2C)cc1. The van der Waals surface area contributed by atoms with E-state index in [1.807, 2.05) is 0 Å². The topological polar surface area (TPSA) is 35.2 Å². The standard InChI is InChI=1S/C16H16F3NO/c1-10-9-12(16(17,18)19)5-8-14(10)15(20)11-3-6-13(21-2)7-4-11/h3-9,15H,20H2,1-2H3. The van der Waals surface area contributed by atoms with Crippen LogP contribution in [0.15, 0.2) is 42.5 Å². The lowest BCUT2D eigenvalue weighted by atomic mass is 9.94. The molecule has 0 aliphatic heterocycles. The normalized spacial score (nSPS) is 13.0. The van der Waals surface area contributed by atoms with Crippen LogP contribution in [0.1, 0.15) is 28.3 Å². The number of ether oxygens (including phenoxy) is 1. The fourth-order valence-corrected chi connectivity index (χ4v) is 2.19. The molecule has 2 aromatic carbocycles. The van der Waals surface area contributed by atoms with E-state index in [1.165, 1.54) is 6.07 Å². The van der Waals surface area contributed by atoms with Crippen molar-refractivity contribution < 1.29 is 17.9 Å². The second-order valence-electron chi connectivity index (χ2n) is 4.82. The van der Waals surface area contributed by atoms with Crippen LogP contribution in [0.5, 0.6) is 5.75 Å². The third kappa shape index (κ3) is 3.36. The summed E-state index contributed by atoms with van der Waals surface area (Å²) >= 11 is 0. The lowest BCUT2D eigenvalue weighted by Gasteiger charge is -2.17. The van der Waals surface area contributed by atoms with Crippen LogP contribution in [0.3, 0.4) is 0 Å². The van der Waals surface area contributed by atoms with Crippen molar-refractivity contribution in [3.05, 3.63) is 64.7 Å². The zero-order valence-electron chi connectivity index (χ0n) is 11.7. The Morgan fingerprint density at radius 1 is 1.05 bits per heavy atom. The van der Waals surface area contributed by atoms with Crippen LogP contribution in [0.25, 0.3) is 0 Å². The predicted molar refractivity (Wildman–Crippen MR) is 75.2 cm³/mol. The summed E-state index contributed by atoms with van der Waals surface area (Å²) in [5, 5.41) is 0. The summed E-state index contributed by atoms with van der Waals surface area (Å²) in [4.78, 5) is 0. The van der Waals surface area contributed by atoms with Crippen molar-refractivity contribution in [3.8, 4) is 5.75 Å². The smallest absolute Gasteiger partial charge is 0.416 e. The molecule has 112 valence electrons. The van der Waals surface area contributed by atoms with E-state index in [4.69, 9.17) is 10.5 Å². The van der Waals surface area contributed by atoms with Crippen molar-refractivity contribution in [2.75, 3.05) is 7.11 Å². The fourth-order valence-electron chi connectivity index (χ4n) is 2.19. The Hall–Kier alpha value is -2.01. The number of rotatable bonds is 3. The monoisotopic (exact) mass is 295 g/mol. The molecule has 0 amide bonds. The zero-order chi connectivity index (χ0) is 15.6. The van der Waals surface area contributed by atoms with E-state index in [0.29, 0.717) is 16.9 Å². The molecule has 0 radical (unpaired) electrons. The third-order valence-electron chi connectivity index (χ3n) is 3.41. The Balaban J connectivity index is 2.32. The van der Waals surface area contributed by atoms with Crippen LogP contribution in [0.2, 0.25) is 0 Å². The van der Waals surface area contributed by atoms with Gasteiger partial charge in [-0.25, -0.2) is 0 Å². The van der Waals surface area contributed by atoms with Crippen molar-refractivity contribution in [1.82, 2.24) is 0 Å². The highest BCUT2D eigenvalue weighted by Gasteiger charge is 2.30. The summed E-state index contributed by atoms with van der Waals surface area (Å²) in [6.07, 6.45) is -4.34. The molecule has 0 fully saturated rings. The van der Waals surface area contributed by atoms with Crippen molar-refractivity contribution in [2.24, 2.45) is 5.73 Å². The first-order valence-electron chi connectivity index (χ1n) is 6.40. The Morgan fingerprint density at radius 2 is 1.67 bits per heavy atom. The van der Waals surface area contributed by atoms with Gasteiger partial charge in [-0.15, -0.1) is 0 Å². The minimum absolute atomic E-state index is 0.474. The van der Waals surface area contributed by atoms with Crippen LogP contribution in [0.4, 0.5) is 13.2 Å². The first-order chi connectivity index (χ1) is 9.82. The molecule has 0 aromatic heterocycles. The number of alkyl halides is 3. The van der Waals surface area contributed by atoms with Gasteiger partial charge in [-0.3, -0.25) is 0 Å². The number of halogens is 3. The second kappa shape index (κ2) is 5.77. The zero-order valence-corrected chi connectivity index (χ0v) is 11.7. The molecule has 1 atom stereocenters. The lowest BCUT2D eigenvalue weighted by molar-refractivity contribution is -0.137. The quantitative estimate of drug-likeness (QED) is 0.926. The van der Waals surface area contributed by atoms with Crippen LogP contribution in [-0.4, -0.2) is 7.11 Å². The lowest BCUT2D eigenvalue weighted by Crippen LogP contribution is -2.14. The van der Waals surface area contributed by atoms with E-state index >= 15 is 0 Å². The molecular weight excluding hydrogens is 279 g/mol. The summed E-state index contributed by atoms with van der Waals surface area (Å²) in [6.45, 7) is 1.63. The summed E-state index contributed by atoms with van der Waals surface area (Å²) in [7, 11) is 1.56. The molecule has 21 heavy (non-hydrogen) atoms. The van der Waals surface area contributed by atoms with Crippen LogP contribution in [0, 0.1) is 6.92 Å². The number of methoxy groups -OCH3 is 1. The second-order valence-corrected chi connectivity index (χ2v) is 4.82. The average Bonchev–Trinajstić information content (AvgIpc) is 2.45. The Morgan fingerprint density at radius 3 is 2.14 bits per heavy atom. The van der Waals surface area contributed by atoms with Crippen LogP contribution < -0.4 is 10.5 Å². The van der Waals surface area contributed by atoms with Gasteiger partial charge in [0.05, 0.1) is 18.7 Å². The maximum atomic E-state index is 12.7. The van der Waals surface area contributed by atoms with Gasteiger partial charge in [-0.1, -0.05) is 18.2 Å². The highest BCUT2D eigenvalue weighted by Crippen LogP contribution is 2.32. The van der Waals surface area contributed by atoms with E-state index in [9.17, 15) is 13.2 Å². The molecular formula is C16H16F3NO. The number of nitrogens with two attached hydrogens (primary N) is 1. The average molecular weight is 295 g/mol. The molecule has 0 bridgehead atoms. The maximum absolute atomic E-state index is 12.7. The fraction of sp³-hybridized carbons (Fsp3) is 0.250. The van der Waals surface area contributed by atoms with E-state index in [1.54, 1.807) is 38.3 Å². The molecule has 5 heteroatoms. The Kier molecular flexibility index (Phi) is 4.23. The predicted octanol–water partition coefficient (Wildman–Crippen LogP) is 4.07. The minimum atomic E-state index is -4.34. The van der Waals surface area contributed by atoms with Gasteiger partial charge >= 0.3 is 6.18 Å². The van der Waals surface area contributed by atoms with Gasteiger partial charge < -0.3 is 10.5 Å². The molecule has 2 aromatic rings. The van der Waals surface area contributed by atoms with Crippen molar-refractivity contribution in [3.63, 3.8) is 0 Å². The van der Waals surface area contributed by atoms with Gasteiger partial charge in [0.25, 0.3) is 0 Å². The third-order valence-corrected chi connectivity index (χ3v) is 3.41. The number of aryl methyl sites for hydroxylation is 1. The van der Waals surface area contributed by atoms with Gasteiger partial charge in [0, 0.05) is 0 Å². The minimum Gasteiger partial charge on any atom is -0.497 e. The van der Waals surface area contributed by atoms with Gasteiger partial charge in [0.1, 0.15) is 5.75 Å². The maximum Gasteiger partial charge on any atom is 0.416 e. The summed E-state index contributed by atoms with van der Waals surface area (Å²) < 4.78 is 43.1. The summed E-state index contributed by atoms with van der Waals surface area (Å²) in [5.74, 6) is 0.704. The molecule has 2 nitrogen and oxygen atoms in total. The molecule has 1 unspecified atom stereocenters. The van der Waals surface area contributed by atoms with Crippen molar-refractivity contribution >= 4 is 0 Å². The van der Waals surface area contributed by atoms with E-state index in [-0.39, 0.29) is 0 Å². The number of hydrogen-bond acceptors (Lipinski definition) is 2. The van der Waals surface area contributed by atoms with Crippen molar-refractivity contribution in [2.45, 2.75) is 19.1 Å². The van der Waals surface area contributed by atoms with E-state index < -0.39 is 17.8 Å². The molecule has 0 aliphatic rings. The molecule has 0 spiro atoms. The van der Waals surface area contributed by atoms with Gasteiger partial charge in [0.2, 0.25) is 0 Å². The highest BCUT2D eigenvalue weighted by molar-refractivity contribution is 5.40. The highest BCUT2D eigenvalue weighted by atomic mass is 19.4. The molecule has 0 heterocycles. The molecule has 2 rings (SSSR count). The van der Waals surface area contributed by atoms with E-state index in [0.717, 1.165) is 17.7 Å². The molecule has 0 aliphatic carbocycles. The molecule has 2 N–H and O–H groups in total. The largest absolute Gasteiger partial charge is 0.497 e. The van der Waals surface area contributed by atoms with Gasteiger partial charge in [-0.2, -0.15) is 13.2 Å².